The number of Topliss-reactive ketones (excluding diaryl/α,β-unsaturated/α-hetero) is 2. The van der Waals surface area contributed by atoms with Gasteiger partial charge in [0.2, 0.25) is 5.91 Å². The van der Waals surface area contributed by atoms with E-state index < -0.39 is 0 Å². The molecule has 1 aliphatic heterocycles. The van der Waals surface area contributed by atoms with Crippen molar-refractivity contribution in [3.05, 3.63) is 29.3 Å². The van der Waals surface area contributed by atoms with E-state index in [-0.39, 0.29) is 23.9 Å². The first-order valence-corrected chi connectivity index (χ1v) is 5.01. The normalized spacial score (nSPS) is 13.2. The van der Waals surface area contributed by atoms with Crippen LogP contribution in [0.3, 0.4) is 0 Å². The van der Waals surface area contributed by atoms with Crippen LogP contribution in [0.1, 0.15) is 29.3 Å². The van der Waals surface area contributed by atoms with Crippen molar-refractivity contribution in [1.29, 1.82) is 0 Å². The number of carbonyl (C=O) groups is 3. The average molecular weight is 217 g/mol. The van der Waals surface area contributed by atoms with Crippen LogP contribution in [0, 0.1) is 0 Å². The molecule has 82 valence electrons. The molecule has 0 bridgehead atoms. The predicted octanol–water partition coefficient (Wildman–Crippen LogP) is 1.34. The quantitative estimate of drug-likeness (QED) is 0.614. The van der Waals surface area contributed by atoms with Crippen molar-refractivity contribution in [1.82, 2.24) is 0 Å². The van der Waals surface area contributed by atoms with Gasteiger partial charge in [0.25, 0.3) is 0 Å². The number of benzene rings is 1. The van der Waals surface area contributed by atoms with Crippen molar-refractivity contribution in [2.45, 2.75) is 19.8 Å². The largest absolute Gasteiger partial charge is 0.326 e. The highest BCUT2D eigenvalue weighted by molar-refractivity contribution is 6.08. The first kappa shape index (κ1) is 10.5. The molecule has 1 aliphatic rings. The number of carbonyl (C=O) groups excluding carboxylic acids is 3. The van der Waals surface area contributed by atoms with Gasteiger partial charge in [-0.3, -0.25) is 14.4 Å². The Kier molecular flexibility index (Phi) is 2.56. The number of amides is 1. The Morgan fingerprint density at radius 1 is 1.38 bits per heavy atom. The van der Waals surface area contributed by atoms with Crippen molar-refractivity contribution in [2.24, 2.45) is 0 Å². The summed E-state index contributed by atoms with van der Waals surface area (Å²) < 4.78 is 0. The summed E-state index contributed by atoms with van der Waals surface area (Å²) in [6, 6.07) is 5.02. The van der Waals surface area contributed by atoms with Crippen LogP contribution < -0.4 is 5.32 Å². The van der Waals surface area contributed by atoms with Gasteiger partial charge < -0.3 is 5.32 Å². The molecule has 0 aromatic heterocycles. The van der Waals surface area contributed by atoms with Gasteiger partial charge in [-0.15, -0.1) is 0 Å². The predicted molar refractivity (Wildman–Crippen MR) is 58.4 cm³/mol. The van der Waals surface area contributed by atoms with Crippen LogP contribution >= 0.6 is 0 Å². The van der Waals surface area contributed by atoms with Crippen LogP contribution in [-0.2, 0) is 16.0 Å². The van der Waals surface area contributed by atoms with Gasteiger partial charge in [-0.05, 0) is 30.7 Å². The monoisotopic (exact) mass is 217 g/mol. The third-order valence-electron chi connectivity index (χ3n) is 2.46. The van der Waals surface area contributed by atoms with E-state index in [4.69, 9.17) is 0 Å². The maximum absolute atomic E-state index is 11.6. The molecule has 1 aromatic carbocycles. The van der Waals surface area contributed by atoms with Gasteiger partial charge in [-0.25, -0.2) is 0 Å². The maximum Gasteiger partial charge on any atom is 0.228 e. The molecule has 0 saturated carbocycles. The summed E-state index contributed by atoms with van der Waals surface area (Å²) in [7, 11) is 0. The van der Waals surface area contributed by atoms with Crippen molar-refractivity contribution in [3.8, 4) is 0 Å². The van der Waals surface area contributed by atoms with Crippen LogP contribution in [-0.4, -0.2) is 17.5 Å². The Labute approximate surface area is 92.6 Å². The number of fused-ring (bicyclic) bond motifs is 1. The van der Waals surface area contributed by atoms with E-state index in [1.807, 2.05) is 0 Å². The van der Waals surface area contributed by atoms with Crippen molar-refractivity contribution in [3.63, 3.8) is 0 Å². The molecule has 2 rings (SSSR count). The van der Waals surface area contributed by atoms with Crippen molar-refractivity contribution >= 4 is 23.2 Å². The number of nitrogens with one attached hydrogen (secondary N) is 1. The summed E-state index contributed by atoms with van der Waals surface area (Å²) in [5.74, 6) is -0.416. The molecule has 0 spiro atoms. The standard InChI is InChI=1S/C12H11NO3/c1-7(14)4-11(15)8-2-3-10-9(5-8)6-12(16)13-10/h2-3,5H,4,6H2,1H3,(H,13,16). The molecule has 1 N–H and O–H groups in total. The van der Waals surface area contributed by atoms with Crippen molar-refractivity contribution in [2.75, 3.05) is 5.32 Å². The van der Waals surface area contributed by atoms with Gasteiger partial charge in [-0.2, -0.15) is 0 Å². The van der Waals surface area contributed by atoms with Gasteiger partial charge in [0, 0.05) is 11.3 Å². The Bertz CT molecular complexity index is 491. The molecule has 4 nitrogen and oxygen atoms in total. The zero-order chi connectivity index (χ0) is 11.7. The Morgan fingerprint density at radius 2 is 2.12 bits per heavy atom. The summed E-state index contributed by atoms with van der Waals surface area (Å²) in [5, 5.41) is 2.69. The molecule has 0 radical (unpaired) electrons. The fourth-order valence-electron chi connectivity index (χ4n) is 1.73. The molecule has 0 fully saturated rings. The molecule has 0 unspecified atom stereocenters. The second-order valence-electron chi connectivity index (χ2n) is 3.90. The van der Waals surface area contributed by atoms with Gasteiger partial charge >= 0.3 is 0 Å². The Balaban J connectivity index is 2.25. The lowest BCUT2D eigenvalue weighted by atomic mass is 10.0. The van der Waals surface area contributed by atoms with Crippen molar-refractivity contribution < 1.29 is 14.4 Å². The fraction of sp³-hybridized carbons (Fsp3) is 0.250. The van der Waals surface area contributed by atoms with Gasteiger partial charge in [0.15, 0.2) is 5.78 Å². The molecule has 1 heterocycles. The molecule has 1 amide bonds. The van der Waals surface area contributed by atoms with E-state index in [0.717, 1.165) is 11.3 Å². The summed E-state index contributed by atoms with van der Waals surface area (Å²) in [4.78, 5) is 33.5. The summed E-state index contributed by atoms with van der Waals surface area (Å²) in [5.41, 5.74) is 2.06. The molecule has 0 atom stereocenters. The van der Waals surface area contributed by atoms with E-state index in [2.05, 4.69) is 5.32 Å². The summed E-state index contributed by atoms with van der Waals surface area (Å²) in [6.07, 6.45) is 0.219. The lowest BCUT2D eigenvalue weighted by Crippen LogP contribution is -2.05. The molecular formula is C12H11NO3. The Hall–Kier alpha value is -1.97. The molecule has 4 heteroatoms. The molecule has 0 saturated heterocycles. The van der Waals surface area contributed by atoms with E-state index in [1.54, 1.807) is 18.2 Å². The second-order valence-corrected chi connectivity index (χ2v) is 3.90. The minimum absolute atomic E-state index is 0.0637. The van der Waals surface area contributed by atoms with Crippen LogP contribution in [0.25, 0.3) is 0 Å². The fourth-order valence-corrected chi connectivity index (χ4v) is 1.73. The van der Waals surface area contributed by atoms with E-state index >= 15 is 0 Å². The topological polar surface area (TPSA) is 63.2 Å². The number of anilines is 1. The number of rotatable bonds is 3. The lowest BCUT2D eigenvalue weighted by molar-refractivity contribution is -0.116. The van der Waals surface area contributed by atoms with Gasteiger partial charge in [0.05, 0.1) is 12.8 Å². The molecule has 0 aliphatic carbocycles. The zero-order valence-corrected chi connectivity index (χ0v) is 8.87. The number of hydrogen-bond acceptors (Lipinski definition) is 3. The number of hydrogen-bond donors (Lipinski definition) is 1. The maximum atomic E-state index is 11.6. The van der Waals surface area contributed by atoms with E-state index in [0.29, 0.717) is 12.0 Å². The minimum atomic E-state index is -0.199. The van der Waals surface area contributed by atoms with E-state index in [9.17, 15) is 14.4 Å². The van der Waals surface area contributed by atoms with Crippen LogP contribution in [0.2, 0.25) is 0 Å². The van der Waals surface area contributed by atoms with Crippen LogP contribution in [0.4, 0.5) is 5.69 Å². The third-order valence-corrected chi connectivity index (χ3v) is 2.46. The van der Waals surface area contributed by atoms with Gasteiger partial charge in [0.1, 0.15) is 5.78 Å². The average Bonchev–Trinajstić information content (AvgIpc) is 2.55. The SMILES string of the molecule is CC(=O)CC(=O)c1ccc2c(c1)CC(=O)N2. The summed E-state index contributed by atoms with van der Waals surface area (Å²) in [6.45, 7) is 1.39. The molecule has 16 heavy (non-hydrogen) atoms. The summed E-state index contributed by atoms with van der Waals surface area (Å²) >= 11 is 0. The highest BCUT2D eigenvalue weighted by Gasteiger charge is 2.19. The van der Waals surface area contributed by atoms with Crippen LogP contribution in [0.5, 0.6) is 0 Å². The highest BCUT2D eigenvalue weighted by Crippen LogP contribution is 2.24. The number of ketones is 2. The zero-order valence-electron chi connectivity index (χ0n) is 8.87. The highest BCUT2D eigenvalue weighted by atomic mass is 16.2. The van der Waals surface area contributed by atoms with Gasteiger partial charge in [-0.1, -0.05) is 0 Å². The van der Waals surface area contributed by atoms with E-state index in [1.165, 1.54) is 6.92 Å². The minimum Gasteiger partial charge on any atom is -0.326 e. The first-order valence-electron chi connectivity index (χ1n) is 5.01. The first-order chi connectivity index (χ1) is 7.56. The lowest BCUT2D eigenvalue weighted by Gasteiger charge is -2.02. The Morgan fingerprint density at radius 3 is 2.81 bits per heavy atom. The third kappa shape index (κ3) is 2.00. The second kappa shape index (κ2) is 3.89. The smallest absolute Gasteiger partial charge is 0.228 e. The molecular weight excluding hydrogens is 206 g/mol. The molecule has 1 aromatic rings. The van der Waals surface area contributed by atoms with Crippen LogP contribution in [0.15, 0.2) is 18.2 Å².